The molecule has 3 N–H and O–H groups in total. The number of hydrogen-bond acceptors (Lipinski definition) is 4. The second kappa shape index (κ2) is 6.29. The van der Waals surface area contributed by atoms with Crippen molar-refractivity contribution in [2.75, 3.05) is 29.6 Å². The number of nitrogens with zero attached hydrogens (tertiary/aromatic N) is 1. The van der Waals surface area contributed by atoms with Crippen molar-refractivity contribution in [1.29, 1.82) is 5.26 Å². The lowest BCUT2D eigenvalue weighted by molar-refractivity contribution is 0.702. The molecule has 1 rings (SSSR count). The molecule has 86 valence electrons. The van der Waals surface area contributed by atoms with Crippen LogP contribution in [0.5, 0.6) is 0 Å². The van der Waals surface area contributed by atoms with Crippen LogP contribution in [-0.2, 0) is 0 Å². The molecule has 0 aliphatic heterocycles. The number of nitrogens with two attached hydrogens (primary N) is 1. The fourth-order valence-electron chi connectivity index (χ4n) is 1.41. The molecule has 0 fully saturated rings. The molecule has 1 atom stereocenters. The Bertz CT molecular complexity index is 384. The largest absolute Gasteiger partial charge is 0.397 e. The van der Waals surface area contributed by atoms with E-state index in [1.165, 1.54) is 0 Å². The van der Waals surface area contributed by atoms with E-state index in [9.17, 15) is 0 Å². The van der Waals surface area contributed by atoms with Crippen molar-refractivity contribution in [2.45, 2.75) is 6.92 Å². The number of thioether (sulfide) groups is 1. The first-order chi connectivity index (χ1) is 7.67. The summed E-state index contributed by atoms with van der Waals surface area (Å²) in [5.41, 5.74) is 8.00. The first-order valence-electron chi connectivity index (χ1n) is 5.19. The van der Waals surface area contributed by atoms with Gasteiger partial charge in [-0.3, -0.25) is 0 Å². The van der Waals surface area contributed by atoms with Crippen LogP contribution >= 0.6 is 11.8 Å². The highest BCUT2D eigenvalue weighted by Gasteiger charge is 2.04. The molecule has 16 heavy (non-hydrogen) atoms. The summed E-state index contributed by atoms with van der Waals surface area (Å²) < 4.78 is 0. The van der Waals surface area contributed by atoms with E-state index in [1.54, 1.807) is 18.2 Å². The zero-order chi connectivity index (χ0) is 12.0. The standard InChI is InChI=1S/C12H17N3S/c1-9(8-16-2)7-15-12-5-10(6-13)3-4-11(12)14/h3-5,9,15H,7-8,14H2,1-2H3. The zero-order valence-corrected chi connectivity index (χ0v) is 10.5. The summed E-state index contributed by atoms with van der Waals surface area (Å²) in [6, 6.07) is 7.39. The summed E-state index contributed by atoms with van der Waals surface area (Å²) in [7, 11) is 0. The van der Waals surface area contributed by atoms with E-state index in [0.717, 1.165) is 18.0 Å². The van der Waals surface area contributed by atoms with E-state index in [2.05, 4.69) is 24.6 Å². The van der Waals surface area contributed by atoms with Gasteiger partial charge in [0.15, 0.2) is 0 Å². The molecule has 0 spiro atoms. The van der Waals surface area contributed by atoms with Gasteiger partial charge in [-0.05, 0) is 36.1 Å². The van der Waals surface area contributed by atoms with Gasteiger partial charge in [-0.2, -0.15) is 17.0 Å². The van der Waals surface area contributed by atoms with Crippen LogP contribution in [0.25, 0.3) is 0 Å². The first-order valence-corrected chi connectivity index (χ1v) is 6.59. The Kier molecular flexibility index (Phi) is 5.00. The predicted molar refractivity (Wildman–Crippen MR) is 71.6 cm³/mol. The van der Waals surface area contributed by atoms with Crippen LogP contribution in [0.4, 0.5) is 11.4 Å². The molecule has 3 nitrogen and oxygen atoms in total. The molecule has 4 heteroatoms. The Balaban J connectivity index is 2.63. The number of hydrogen-bond donors (Lipinski definition) is 2. The summed E-state index contributed by atoms with van der Waals surface area (Å²) in [5.74, 6) is 1.70. The molecule has 0 heterocycles. The van der Waals surface area contributed by atoms with Crippen LogP contribution < -0.4 is 11.1 Å². The SMILES string of the molecule is CSCC(C)CNc1cc(C#N)ccc1N. The summed E-state index contributed by atoms with van der Waals surface area (Å²) in [5, 5.41) is 12.1. The highest BCUT2D eigenvalue weighted by atomic mass is 32.2. The summed E-state index contributed by atoms with van der Waals surface area (Å²) in [6.45, 7) is 3.06. The Labute approximate surface area is 101 Å². The van der Waals surface area contributed by atoms with Crippen molar-refractivity contribution in [1.82, 2.24) is 0 Å². The van der Waals surface area contributed by atoms with Gasteiger partial charge in [0, 0.05) is 6.54 Å². The Morgan fingerprint density at radius 3 is 2.94 bits per heavy atom. The average molecular weight is 235 g/mol. The van der Waals surface area contributed by atoms with Gasteiger partial charge >= 0.3 is 0 Å². The van der Waals surface area contributed by atoms with Crippen LogP contribution in [0, 0.1) is 17.2 Å². The quantitative estimate of drug-likeness (QED) is 0.770. The molecule has 1 unspecified atom stereocenters. The second-order valence-electron chi connectivity index (χ2n) is 3.86. The maximum Gasteiger partial charge on any atom is 0.0992 e. The maximum absolute atomic E-state index is 8.79. The Morgan fingerprint density at radius 2 is 2.31 bits per heavy atom. The molecule has 0 aliphatic carbocycles. The third-order valence-electron chi connectivity index (χ3n) is 2.27. The Morgan fingerprint density at radius 1 is 1.56 bits per heavy atom. The van der Waals surface area contributed by atoms with E-state index in [-0.39, 0.29) is 0 Å². The molecular weight excluding hydrogens is 218 g/mol. The molecular formula is C12H17N3S. The molecule has 0 bridgehead atoms. The third-order valence-corrected chi connectivity index (χ3v) is 3.18. The fourth-order valence-corrected chi connectivity index (χ4v) is 2.09. The van der Waals surface area contributed by atoms with Gasteiger partial charge in [0.25, 0.3) is 0 Å². The van der Waals surface area contributed by atoms with Crippen LogP contribution in [0.15, 0.2) is 18.2 Å². The van der Waals surface area contributed by atoms with Crippen molar-refractivity contribution in [3.63, 3.8) is 0 Å². The second-order valence-corrected chi connectivity index (χ2v) is 4.77. The Hall–Kier alpha value is -1.34. The maximum atomic E-state index is 8.79. The van der Waals surface area contributed by atoms with E-state index in [4.69, 9.17) is 11.0 Å². The van der Waals surface area contributed by atoms with Crippen LogP contribution in [0.1, 0.15) is 12.5 Å². The number of nitrogens with one attached hydrogen (secondary N) is 1. The van der Waals surface area contributed by atoms with E-state index < -0.39 is 0 Å². The minimum atomic E-state index is 0.583. The van der Waals surface area contributed by atoms with Crippen molar-refractivity contribution in [3.8, 4) is 6.07 Å². The van der Waals surface area contributed by atoms with Crippen LogP contribution in [0.3, 0.4) is 0 Å². The number of anilines is 2. The number of nitrogen functional groups attached to an aromatic ring is 1. The molecule has 0 saturated heterocycles. The lowest BCUT2D eigenvalue weighted by atomic mass is 10.1. The van der Waals surface area contributed by atoms with Gasteiger partial charge in [0.1, 0.15) is 0 Å². The third kappa shape index (κ3) is 3.67. The van der Waals surface area contributed by atoms with Gasteiger partial charge in [-0.1, -0.05) is 6.92 Å². The van der Waals surface area contributed by atoms with Crippen molar-refractivity contribution < 1.29 is 0 Å². The summed E-state index contributed by atoms with van der Waals surface area (Å²) >= 11 is 1.83. The van der Waals surface area contributed by atoms with Crippen LogP contribution in [0.2, 0.25) is 0 Å². The minimum Gasteiger partial charge on any atom is -0.397 e. The first kappa shape index (κ1) is 12.7. The van der Waals surface area contributed by atoms with Crippen LogP contribution in [-0.4, -0.2) is 18.6 Å². The zero-order valence-electron chi connectivity index (χ0n) is 9.66. The van der Waals surface area contributed by atoms with Gasteiger partial charge in [0.05, 0.1) is 23.0 Å². The lowest BCUT2D eigenvalue weighted by Crippen LogP contribution is -2.14. The van der Waals surface area contributed by atoms with E-state index in [0.29, 0.717) is 17.2 Å². The molecule has 1 aromatic rings. The molecule has 0 radical (unpaired) electrons. The smallest absolute Gasteiger partial charge is 0.0992 e. The topological polar surface area (TPSA) is 61.8 Å². The van der Waals surface area contributed by atoms with E-state index in [1.807, 2.05) is 11.8 Å². The monoisotopic (exact) mass is 235 g/mol. The molecule has 0 aromatic heterocycles. The normalized spacial score (nSPS) is 11.8. The highest BCUT2D eigenvalue weighted by Crippen LogP contribution is 2.20. The van der Waals surface area contributed by atoms with Crippen molar-refractivity contribution >= 4 is 23.1 Å². The van der Waals surface area contributed by atoms with Crippen molar-refractivity contribution in [2.24, 2.45) is 5.92 Å². The van der Waals surface area contributed by atoms with E-state index >= 15 is 0 Å². The number of rotatable bonds is 5. The number of benzene rings is 1. The average Bonchev–Trinajstić information content (AvgIpc) is 2.28. The lowest BCUT2D eigenvalue weighted by Gasteiger charge is -2.14. The minimum absolute atomic E-state index is 0.583. The fraction of sp³-hybridized carbons (Fsp3) is 0.417. The molecule has 0 amide bonds. The summed E-state index contributed by atoms with van der Waals surface area (Å²) in [4.78, 5) is 0. The van der Waals surface area contributed by atoms with Gasteiger partial charge in [-0.15, -0.1) is 0 Å². The van der Waals surface area contributed by atoms with Gasteiger partial charge in [0.2, 0.25) is 0 Å². The van der Waals surface area contributed by atoms with Gasteiger partial charge in [-0.25, -0.2) is 0 Å². The highest BCUT2D eigenvalue weighted by molar-refractivity contribution is 7.98. The van der Waals surface area contributed by atoms with Gasteiger partial charge < -0.3 is 11.1 Å². The van der Waals surface area contributed by atoms with Crippen molar-refractivity contribution in [3.05, 3.63) is 23.8 Å². The molecule has 0 aliphatic rings. The molecule has 0 saturated carbocycles. The summed E-state index contributed by atoms with van der Waals surface area (Å²) in [6.07, 6.45) is 2.10. The number of nitriles is 1. The molecule has 1 aromatic carbocycles. The predicted octanol–water partition coefficient (Wildman–Crippen LogP) is 2.55.